The monoisotopic (exact) mass is 516 g/mol. The first-order valence-electron chi connectivity index (χ1n) is 11.7. The molecule has 5 rings (SSSR count). The third kappa shape index (κ3) is 4.76. The topological polar surface area (TPSA) is 141 Å². The number of aliphatic carboxylic acids is 1. The Hall–Kier alpha value is -3.93. The number of alkyl halides is 3. The van der Waals surface area contributed by atoms with Gasteiger partial charge in [0.2, 0.25) is 11.7 Å². The number of halogens is 3. The molecule has 0 radical (unpaired) electrons. The minimum atomic E-state index is -4.84. The van der Waals surface area contributed by atoms with Crippen molar-refractivity contribution in [3.8, 4) is 17.2 Å². The Kier molecular flexibility index (Phi) is 6.14. The number of carboxylic acid groups (broad SMARTS) is 1. The number of ketones is 1. The number of nitrogens with one attached hydrogen (secondary N) is 1. The lowest BCUT2D eigenvalue weighted by atomic mass is 9.66. The summed E-state index contributed by atoms with van der Waals surface area (Å²) in [6.07, 6.45) is -2.85. The number of rotatable bonds is 7. The van der Waals surface area contributed by atoms with Crippen molar-refractivity contribution < 1.29 is 37.0 Å². The number of fused-ring (bicyclic) bond motifs is 2. The highest BCUT2D eigenvalue weighted by Crippen LogP contribution is 2.50. The number of Topliss-reactive ketones (excluding diaryl/α,β-unsaturated/α-hetero) is 1. The highest BCUT2D eigenvalue weighted by molar-refractivity contribution is 5.97. The van der Waals surface area contributed by atoms with Crippen LogP contribution in [-0.4, -0.2) is 45.0 Å². The zero-order chi connectivity index (χ0) is 26.4. The van der Waals surface area contributed by atoms with Crippen molar-refractivity contribution in [2.24, 2.45) is 11.7 Å². The molecule has 194 valence electrons. The predicted molar refractivity (Wildman–Crippen MR) is 124 cm³/mol. The molecule has 9 nitrogen and oxygen atoms in total. The van der Waals surface area contributed by atoms with Gasteiger partial charge in [0.15, 0.2) is 0 Å². The zero-order valence-corrected chi connectivity index (χ0v) is 19.4. The van der Waals surface area contributed by atoms with Gasteiger partial charge in [-0.3, -0.25) is 9.59 Å². The van der Waals surface area contributed by atoms with Gasteiger partial charge in [-0.15, -0.1) is 23.4 Å². The van der Waals surface area contributed by atoms with Crippen molar-refractivity contribution in [3.63, 3.8) is 0 Å². The maximum Gasteiger partial charge on any atom is 0.573 e. The number of aromatic nitrogens is 2. The van der Waals surface area contributed by atoms with Gasteiger partial charge in [0.25, 0.3) is 5.89 Å². The number of hydrogen-bond donors (Lipinski definition) is 3. The van der Waals surface area contributed by atoms with E-state index < -0.39 is 47.6 Å². The Labute approximate surface area is 208 Å². The predicted octanol–water partition coefficient (Wildman–Crippen LogP) is 4.37. The molecule has 0 spiro atoms. The quantitative estimate of drug-likeness (QED) is 0.391. The molecule has 1 aliphatic heterocycles. The summed E-state index contributed by atoms with van der Waals surface area (Å²) in [5.41, 5.74) is 6.43. The van der Waals surface area contributed by atoms with Crippen LogP contribution in [-0.2, 0) is 4.79 Å². The summed E-state index contributed by atoms with van der Waals surface area (Å²) >= 11 is 0. The van der Waals surface area contributed by atoms with Crippen LogP contribution in [0, 0.1) is 5.92 Å². The lowest BCUT2D eigenvalue weighted by molar-refractivity contribution is -0.274. The number of hydrogen-bond acceptors (Lipinski definition) is 8. The van der Waals surface area contributed by atoms with E-state index in [9.17, 15) is 27.9 Å². The average Bonchev–Trinajstić information content (AvgIpc) is 3.51. The molecule has 4 unspecified atom stereocenters. The maximum atomic E-state index is 13.2. The Balaban J connectivity index is 1.40. The number of nitrogens with two attached hydrogens (primary N) is 1. The van der Waals surface area contributed by atoms with Gasteiger partial charge in [-0.2, -0.15) is 0 Å². The fraction of sp³-hybridized carbons (Fsp3) is 0.360. The molecule has 1 fully saturated rings. The summed E-state index contributed by atoms with van der Waals surface area (Å²) in [6.45, 7) is 0. The van der Waals surface area contributed by atoms with E-state index in [1.807, 2.05) is 24.3 Å². The molecule has 2 aliphatic rings. The molecule has 1 aliphatic carbocycles. The van der Waals surface area contributed by atoms with Crippen molar-refractivity contribution >= 4 is 17.4 Å². The lowest BCUT2D eigenvalue weighted by Crippen LogP contribution is -2.58. The highest BCUT2D eigenvalue weighted by Gasteiger charge is 2.53. The Morgan fingerprint density at radius 1 is 1.11 bits per heavy atom. The molecular formula is C25H23F3N4O5. The van der Waals surface area contributed by atoms with Crippen LogP contribution < -0.4 is 15.8 Å². The van der Waals surface area contributed by atoms with Crippen molar-refractivity contribution in [2.45, 2.75) is 49.5 Å². The molecule has 12 heteroatoms. The number of nitrogens with zero attached hydrogens (tertiary/aromatic N) is 2. The minimum absolute atomic E-state index is 0.0524. The molecule has 4 atom stereocenters. The van der Waals surface area contributed by atoms with E-state index in [1.165, 1.54) is 12.1 Å². The summed E-state index contributed by atoms with van der Waals surface area (Å²) in [6, 6.07) is 12.1. The Bertz CT molecular complexity index is 1330. The van der Waals surface area contributed by atoms with Crippen LogP contribution >= 0.6 is 0 Å². The number of carboxylic acids is 1. The van der Waals surface area contributed by atoms with E-state index in [0.717, 1.165) is 42.6 Å². The van der Waals surface area contributed by atoms with E-state index in [4.69, 9.17) is 10.2 Å². The summed E-state index contributed by atoms with van der Waals surface area (Å²) < 4.78 is 46.4. The molecular weight excluding hydrogens is 493 g/mol. The summed E-state index contributed by atoms with van der Waals surface area (Å²) in [5.74, 6) is -3.75. The molecule has 1 aromatic heterocycles. The molecule has 3 aromatic rings. The maximum absolute atomic E-state index is 13.2. The van der Waals surface area contributed by atoms with E-state index in [-0.39, 0.29) is 23.4 Å². The smallest absolute Gasteiger partial charge is 0.480 e. The van der Waals surface area contributed by atoms with Gasteiger partial charge in [0.05, 0.1) is 0 Å². The third-order valence-electron chi connectivity index (χ3n) is 7.04. The average molecular weight is 516 g/mol. The molecule has 37 heavy (non-hydrogen) atoms. The number of carbonyl (C=O) groups excluding carboxylic acids is 1. The number of para-hydroxylation sites is 1. The molecule has 1 saturated carbocycles. The van der Waals surface area contributed by atoms with Crippen molar-refractivity contribution in [1.82, 2.24) is 10.2 Å². The van der Waals surface area contributed by atoms with E-state index in [1.54, 1.807) is 0 Å². The van der Waals surface area contributed by atoms with Crippen LogP contribution in [0.4, 0.5) is 18.9 Å². The SMILES string of the molecule is NC(CC(=O)c1nnc(-c2ccc(OC(F)(F)F)cc2)o1)(C(=O)O)C1c2ccccc2NC2CCCC21. The van der Waals surface area contributed by atoms with Gasteiger partial charge in [-0.1, -0.05) is 24.6 Å². The fourth-order valence-electron chi connectivity index (χ4n) is 5.47. The number of ether oxygens (including phenoxy) is 1. The normalized spacial score (nSPS) is 22.3. The van der Waals surface area contributed by atoms with Gasteiger partial charge in [0, 0.05) is 29.6 Å². The lowest BCUT2D eigenvalue weighted by Gasteiger charge is -2.44. The van der Waals surface area contributed by atoms with Gasteiger partial charge < -0.3 is 25.3 Å². The fourth-order valence-corrected chi connectivity index (χ4v) is 5.47. The van der Waals surface area contributed by atoms with Crippen LogP contribution in [0.15, 0.2) is 52.9 Å². The molecule has 2 aromatic carbocycles. The number of anilines is 1. The second-order valence-corrected chi connectivity index (χ2v) is 9.34. The van der Waals surface area contributed by atoms with Gasteiger partial charge in [-0.05, 0) is 54.7 Å². The second-order valence-electron chi connectivity index (χ2n) is 9.34. The molecule has 0 amide bonds. The van der Waals surface area contributed by atoms with Gasteiger partial charge in [0.1, 0.15) is 11.3 Å². The summed E-state index contributed by atoms with van der Waals surface area (Å²) in [7, 11) is 0. The molecule has 0 bridgehead atoms. The standard InChI is InChI=1S/C25H23F3N4O5/c26-25(27,28)37-14-10-8-13(9-11-14)21-31-32-22(36-21)19(33)12-24(29,23(34)35)20-15-4-1-2-6-17(15)30-18-7-3-5-16(18)20/h1-2,4,6,8-11,16,18,20,30H,3,5,7,12,29H2,(H,34,35). The van der Waals surface area contributed by atoms with E-state index >= 15 is 0 Å². The third-order valence-corrected chi connectivity index (χ3v) is 7.04. The number of carbonyl (C=O) groups is 2. The second kappa shape index (κ2) is 9.18. The van der Waals surface area contributed by atoms with Crippen molar-refractivity contribution in [3.05, 3.63) is 60.0 Å². The van der Waals surface area contributed by atoms with Crippen molar-refractivity contribution in [2.75, 3.05) is 5.32 Å². The minimum Gasteiger partial charge on any atom is -0.480 e. The largest absolute Gasteiger partial charge is 0.573 e. The Morgan fingerprint density at radius 2 is 1.84 bits per heavy atom. The van der Waals surface area contributed by atoms with Crippen molar-refractivity contribution in [1.29, 1.82) is 0 Å². The van der Waals surface area contributed by atoms with E-state index in [0.29, 0.717) is 0 Å². The Morgan fingerprint density at radius 3 is 2.54 bits per heavy atom. The summed E-state index contributed by atoms with van der Waals surface area (Å²) in [4.78, 5) is 25.8. The first-order valence-corrected chi connectivity index (χ1v) is 11.7. The van der Waals surface area contributed by atoms with Gasteiger partial charge >= 0.3 is 12.3 Å². The first kappa shape index (κ1) is 24.8. The first-order chi connectivity index (χ1) is 17.5. The van der Waals surface area contributed by atoms with Gasteiger partial charge in [-0.25, -0.2) is 0 Å². The molecule has 4 N–H and O–H groups in total. The van der Waals surface area contributed by atoms with Crippen LogP contribution in [0.25, 0.3) is 11.5 Å². The molecule has 2 heterocycles. The van der Waals surface area contributed by atoms with Crippen LogP contribution in [0.1, 0.15) is 47.8 Å². The highest BCUT2D eigenvalue weighted by atomic mass is 19.4. The summed E-state index contributed by atoms with van der Waals surface area (Å²) in [5, 5.41) is 21.3. The van der Waals surface area contributed by atoms with Crippen LogP contribution in [0.2, 0.25) is 0 Å². The number of benzene rings is 2. The molecule has 0 saturated heterocycles. The van der Waals surface area contributed by atoms with Crippen LogP contribution in [0.3, 0.4) is 0 Å². The van der Waals surface area contributed by atoms with Crippen LogP contribution in [0.5, 0.6) is 5.75 Å². The van der Waals surface area contributed by atoms with E-state index in [2.05, 4.69) is 20.3 Å². The zero-order valence-electron chi connectivity index (χ0n) is 19.4.